The number of carbonyl (C=O) groups is 1. The molecular formula is C8H16N2O. The van der Waals surface area contributed by atoms with Crippen molar-refractivity contribution in [3.63, 3.8) is 0 Å². The minimum absolute atomic E-state index is 0.185. The van der Waals surface area contributed by atoms with Crippen molar-refractivity contribution in [2.75, 3.05) is 13.1 Å². The lowest BCUT2D eigenvalue weighted by molar-refractivity contribution is -0.130. The van der Waals surface area contributed by atoms with Gasteiger partial charge in [-0.2, -0.15) is 0 Å². The van der Waals surface area contributed by atoms with E-state index in [2.05, 4.69) is 19.2 Å². The van der Waals surface area contributed by atoms with Crippen LogP contribution in [0.3, 0.4) is 0 Å². The molecule has 0 saturated carbocycles. The minimum Gasteiger partial charge on any atom is -0.340 e. The van der Waals surface area contributed by atoms with Crippen molar-refractivity contribution in [1.29, 1.82) is 0 Å². The summed E-state index contributed by atoms with van der Waals surface area (Å²) in [5.74, 6) is 0.185. The van der Waals surface area contributed by atoms with Crippen LogP contribution < -0.4 is 5.32 Å². The highest BCUT2D eigenvalue weighted by atomic mass is 16.2. The predicted molar refractivity (Wildman–Crippen MR) is 44.3 cm³/mol. The van der Waals surface area contributed by atoms with Crippen LogP contribution in [0.4, 0.5) is 0 Å². The second-order valence-electron chi connectivity index (χ2n) is 3.39. The summed E-state index contributed by atoms with van der Waals surface area (Å²) >= 11 is 0. The first-order chi connectivity index (χ1) is 5.09. The topological polar surface area (TPSA) is 32.3 Å². The van der Waals surface area contributed by atoms with E-state index in [9.17, 15) is 4.79 Å². The molecule has 0 bridgehead atoms. The molecule has 0 aromatic carbocycles. The Morgan fingerprint density at radius 3 is 2.18 bits per heavy atom. The molecule has 0 radical (unpaired) electrons. The van der Waals surface area contributed by atoms with Gasteiger partial charge in [0.2, 0.25) is 5.91 Å². The number of amides is 1. The van der Waals surface area contributed by atoms with E-state index in [4.69, 9.17) is 0 Å². The molecule has 0 aromatic rings. The smallest absolute Gasteiger partial charge is 0.219 e. The Bertz CT molecular complexity index is 148. The molecule has 2 atom stereocenters. The Kier molecular flexibility index (Phi) is 2.49. The van der Waals surface area contributed by atoms with Crippen LogP contribution in [0.1, 0.15) is 20.8 Å². The molecule has 1 unspecified atom stereocenters. The molecule has 3 nitrogen and oxygen atoms in total. The van der Waals surface area contributed by atoms with E-state index in [0.29, 0.717) is 12.1 Å². The van der Waals surface area contributed by atoms with Crippen molar-refractivity contribution in [3.8, 4) is 0 Å². The maximum Gasteiger partial charge on any atom is 0.219 e. The average Bonchev–Trinajstić information content (AvgIpc) is 1.85. The first-order valence-corrected chi connectivity index (χ1v) is 4.11. The zero-order valence-electron chi connectivity index (χ0n) is 7.42. The molecule has 1 aliphatic heterocycles. The number of nitrogens with zero attached hydrogens (tertiary/aromatic N) is 1. The van der Waals surface area contributed by atoms with Crippen LogP contribution in [0.5, 0.6) is 0 Å². The standard InChI is InChI=1S/C8H16N2O/c1-6-4-10(8(3)11)5-7(2)9-6/h6-7,9H,4-5H2,1-3H3/t6-,7?/m0/s1. The number of piperazine rings is 1. The van der Waals surface area contributed by atoms with Crippen molar-refractivity contribution in [3.05, 3.63) is 0 Å². The van der Waals surface area contributed by atoms with Crippen LogP contribution in [0.2, 0.25) is 0 Å². The number of carbonyl (C=O) groups excluding carboxylic acids is 1. The molecule has 0 aliphatic carbocycles. The maximum absolute atomic E-state index is 11.0. The van der Waals surface area contributed by atoms with Crippen molar-refractivity contribution in [2.24, 2.45) is 0 Å². The van der Waals surface area contributed by atoms with Crippen molar-refractivity contribution >= 4 is 5.91 Å². The molecule has 1 fully saturated rings. The monoisotopic (exact) mass is 156 g/mol. The van der Waals surface area contributed by atoms with Gasteiger partial charge in [-0.05, 0) is 13.8 Å². The van der Waals surface area contributed by atoms with Gasteiger partial charge in [0.05, 0.1) is 0 Å². The third-order valence-corrected chi connectivity index (χ3v) is 2.00. The normalized spacial score (nSPS) is 32.1. The second-order valence-corrected chi connectivity index (χ2v) is 3.39. The summed E-state index contributed by atoms with van der Waals surface area (Å²) in [6, 6.07) is 0.866. The van der Waals surface area contributed by atoms with Gasteiger partial charge in [0, 0.05) is 32.1 Å². The molecule has 1 saturated heterocycles. The Balaban J connectivity index is 2.49. The molecule has 64 valence electrons. The number of nitrogens with one attached hydrogen (secondary N) is 1. The molecule has 3 heteroatoms. The summed E-state index contributed by atoms with van der Waals surface area (Å²) < 4.78 is 0. The minimum atomic E-state index is 0.185. The predicted octanol–water partition coefficient (Wildman–Crippen LogP) is 0.215. The van der Waals surface area contributed by atoms with Gasteiger partial charge in [0.25, 0.3) is 0 Å². The lowest BCUT2D eigenvalue weighted by atomic mass is 10.1. The van der Waals surface area contributed by atoms with Crippen LogP contribution in [0, 0.1) is 0 Å². The van der Waals surface area contributed by atoms with Crippen molar-refractivity contribution < 1.29 is 4.79 Å². The molecule has 1 aliphatic rings. The van der Waals surface area contributed by atoms with Crippen LogP contribution in [0.15, 0.2) is 0 Å². The molecule has 1 rings (SSSR count). The largest absolute Gasteiger partial charge is 0.340 e. The molecule has 1 amide bonds. The molecule has 0 aromatic heterocycles. The fourth-order valence-corrected chi connectivity index (χ4v) is 1.58. The Morgan fingerprint density at radius 1 is 1.36 bits per heavy atom. The van der Waals surface area contributed by atoms with E-state index in [0.717, 1.165) is 13.1 Å². The van der Waals surface area contributed by atoms with Crippen molar-refractivity contribution in [2.45, 2.75) is 32.9 Å². The maximum atomic E-state index is 11.0. The Morgan fingerprint density at radius 2 is 1.82 bits per heavy atom. The van der Waals surface area contributed by atoms with E-state index in [-0.39, 0.29) is 5.91 Å². The Labute approximate surface area is 67.8 Å². The van der Waals surface area contributed by atoms with Gasteiger partial charge in [0.1, 0.15) is 0 Å². The fourth-order valence-electron chi connectivity index (χ4n) is 1.58. The summed E-state index contributed by atoms with van der Waals surface area (Å²) in [4.78, 5) is 12.9. The summed E-state index contributed by atoms with van der Waals surface area (Å²) in [6.45, 7) is 7.53. The summed E-state index contributed by atoms with van der Waals surface area (Å²) in [6.07, 6.45) is 0. The van der Waals surface area contributed by atoms with Gasteiger partial charge in [-0.1, -0.05) is 0 Å². The molecule has 0 spiro atoms. The highest BCUT2D eigenvalue weighted by Gasteiger charge is 2.21. The van der Waals surface area contributed by atoms with Gasteiger partial charge in [-0.25, -0.2) is 0 Å². The number of hydrogen-bond donors (Lipinski definition) is 1. The summed E-state index contributed by atoms with van der Waals surface area (Å²) in [5.41, 5.74) is 0. The first kappa shape index (κ1) is 8.53. The zero-order valence-corrected chi connectivity index (χ0v) is 7.42. The molecule has 1 N–H and O–H groups in total. The zero-order chi connectivity index (χ0) is 8.43. The quantitative estimate of drug-likeness (QED) is 0.544. The summed E-state index contributed by atoms with van der Waals surface area (Å²) in [7, 11) is 0. The van der Waals surface area contributed by atoms with Crippen LogP contribution in [0.25, 0.3) is 0 Å². The molecule has 1 heterocycles. The van der Waals surface area contributed by atoms with Crippen LogP contribution in [-0.4, -0.2) is 36.0 Å². The SMILES string of the molecule is CC(=O)N1CC(C)N[C@@H](C)C1. The summed E-state index contributed by atoms with van der Waals surface area (Å²) in [5, 5.41) is 3.37. The average molecular weight is 156 g/mol. The van der Waals surface area contributed by atoms with E-state index in [1.165, 1.54) is 0 Å². The molecular weight excluding hydrogens is 140 g/mol. The van der Waals surface area contributed by atoms with Gasteiger partial charge in [-0.15, -0.1) is 0 Å². The second kappa shape index (κ2) is 3.22. The Hall–Kier alpha value is -0.570. The molecule has 11 heavy (non-hydrogen) atoms. The van der Waals surface area contributed by atoms with E-state index < -0.39 is 0 Å². The lowest BCUT2D eigenvalue weighted by Crippen LogP contribution is -2.55. The number of hydrogen-bond acceptors (Lipinski definition) is 2. The van der Waals surface area contributed by atoms with Gasteiger partial charge in [0.15, 0.2) is 0 Å². The third-order valence-electron chi connectivity index (χ3n) is 2.00. The van der Waals surface area contributed by atoms with Gasteiger partial charge in [-0.3, -0.25) is 4.79 Å². The first-order valence-electron chi connectivity index (χ1n) is 4.11. The van der Waals surface area contributed by atoms with Crippen LogP contribution in [-0.2, 0) is 4.79 Å². The number of rotatable bonds is 0. The van der Waals surface area contributed by atoms with E-state index in [1.807, 2.05) is 4.90 Å². The van der Waals surface area contributed by atoms with Gasteiger partial charge < -0.3 is 10.2 Å². The van der Waals surface area contributed by atoms with E-state index in [1.54, 1.807) is 6.92 Å². The fraction of sp³-hybridized carbons (Fsp3) is 0.875. The highest BCUT2D eigenvalue weighted by molar-refractivity contribution is 5.73. The van der Waals surface area contributed by atoms with Crippen molar-refractivity contribution in [1.82, 2.24) is 10.2 Å². The van der Waals surface area contributed by atoms with Gasteiger partial charge >= 0.3 is 0 Å². The lowest BCUT2D eigenvalue weighted by Gasteiger charge is -2.35. The third kappa shape index (κ3) is 2.19. The van der Waals surface area contributed by atoms with E-state index >= 15 is 0 Å². The highest BCUT2D eigenvalue weighted by Crippen LogP contribution is 2.03. The van der Waals surface area contributed by atoms with Crippen LogP contribution >= 0.6 is 0 Å².